The summed E-state index contributed by atoms with van der Waals surface area (Å²) >= 11 is 6.12. The molecule has 3 atom stereocenters. The van der Waals surface area contributed by atoms with Crippen molar-refractivity contribution in [3.8, 4) is 0 Å². The van der Waals surface area contributed by atoms with Gasteiger partial charge >= 0.3 is 0 Å². The molecule has 1 aromatic carbocycles. The maximum Gasteiger partial charge on any atom is 0.252 e. The number of benzene rings is 1. The molecular formula is C17H22ClN3O2. The summed E-state index contributed by atoms with van der Waals surface area (Å²) in [4.78, 5) is 24.1. The van der Waals surface area contributed by atoms with Crippen LogP contribution in [0.5, 0.6) is 0 Å². The van der Waals surface area contributed by atoms with Crippen LogP contribution in [0.4, 0.5) is 5.69 Å². The summed E-state index contributed by atoms with van der Waals surface area (Å²) < 4.78 is 0. The monoisotopic (exact) mass is 335 g/mol. The molecule has 124 valence electrons. The molecule has 2 amide bonds. The van der Waals surface area contributed by atoms with E-state index in [4.69, 9.17) is 11.6 Å². The maximum absolute atomic E-state index is 12.4. The number of rotatable bonds is 3. The third-order valence-electron chi connectivity index (χ3n) is 4.89. The lowest BCUT2D eigenvalue weighted by Crippen LogP contribution is -2.39. The minimum atomic E-state index is -0.241. The number of hydrogen-bond donors (Lipinski definition) is 3. The van der Waals surface area contributed by atoms with Gasteiger partial charge in [-0.2, -0.15) is 0 Å². The van der Waals surface area contributed by atoms with E-state index in [1.807, 2.05) is 0 Å². The van der Waals surface area contributed by atoms with Crippen LogP contribution >= 0.6 is 11.6 Å². The highest BCUT2D eigenvalue weighted by molar-refractivity contribution is 6.34. The molecule has 1 saturated heterocycles. The lowest BCUT2D eigenvalue weighted by Gasteiger charge is -2.24. The van der Waals surface area contributed by atoms with Crippen LogP contribution in [0.3, 0.4) is 0 Å². The molecule has 0 spiro atoms. The highest BCUT2D eigenvalue weighted by Crippen LogP contribution is 2.33. The van der Waals surface area contributed by atoms with Gasteiger partial charge in [-0.05, 0) is 43.4 Å². The summed E-state index contributed by atoms with van der Waals surface area (Å²) in [6, 6.07) is 5.29. The van der Waals surface area contributed by atoms with Crippen LogP contribution in [-0.4, -0.2) is 30.9 Å². The minimum Gasteiger partial charge on any atom is -0.355 e. The Kier molecular flexibility index (Phi) is 4.87. The van der Waals surface area contributed by atoms with Gasteiger partial charge in [-0.15, -0.1) is 0 Å². The van der Waals surface area contributed by atoms with Gasteiger partial charge in [-0.3, -0.25) is 9.59 Å². The largest absolute Gasteiger partial charge is 0.355 e. The Morgan fingerprint density at radius 2 is 2.04 bits per heavy atom. The molecule has 3 unspecified atom stereocenters. The van der Waals surface area contributed by atoms with E-state index >= 15 is 0 Å². The van der Waals surface area contributed by atoms with Crippen molar-refractivity contribution in [1.82, 2.24) is 10.6 Å². The number of carbonyl (C=O) groups excluding carboxylic acids is 2. The zero-order valence-electron chi connectivity index (χ0n) is 13.2. The fourth-order valence-corrected chi connectivity index (χ4v) is 3.93. The molecule has 0 radical (unpaired) electrons. The van der Waals surface area contributed by atoms with Crippen LogP contribution in [0.25, 0.3) is 0 Å². The normalized spacial score (nSPS) is 26.4. The summed E-state index contributed by atoms with van der Waals surface area (Å²) in [6.45, 7) is 0. The molecule has 1 aromatic rings. The van der Waals surface area contributed by atoms with Crippen LogP contribution in [0, 0.1) is 5.92 Å². The standard InChI is InChI=1S/C17H22ClN3O2/c1-19-16(22)12-7-6-11(9-13(12)18)20-17(23)15-8-10-4-2-3-5-14(10)21-15/h6-7,9-10,14-15,21H,2-5,8H2,1H3,(H,19,22)(H,20,23). The zero-order chi connectivity index (χ0) is 16.4. The molecule has 1 aliphatic carbocycles. The summed E-state index contributed by atoms with van der Waals surface area (Å²) in [5.74, 6) is 0.358. The van der Waals surface area contributed by atoms with Gasteiger partial charge in [0.2, 0.25) is 5.91 Å². The van der Waals surface area contributed by atoms with Gasteiger partial charge in [-0.1, -0.05) is 24.4 Å². The first kappa shape index (κ1) is 16.3. The number of amides is 2. The Bertz CT molecular complexity index is 606. The quantitative estimate of drug-likeness (QED) is 0.795. The summed E-state index contributed by atoms with van der Waals surface area (Å²) in [7, 11) is 1.56. The lowest BCUT2D eigenvalue weighted by molar-refractivity contribution is -0.117. The number of halogens is 1. The maximum atomic E-state index is 12.4. The smallest absolute Gasteiger partial charge is 0.252 e. The van der Waals surface area contributed by atoms with Crippen molar-refractivity contribution < 1.29 is 9.59 Å². The highest BCUT2D eigenvalue weighted by atomic mass is 35.5. The fraction of sp³-hybridized carbons (Fsp3) is 0.529. The first-order valence-electron chi connectivity index (χ1n) is 8.17. The molecule has 3 rings (SSSR count). The van der Waals surface area contributed by atoms with Crippen molar-refractivity contribution >= 4 is 29.1 Å². The predicted molar refractivity (Wildman–Crippen MR) is 90.8 cm³/mol. The van der Waals surface area contributed by atoms with Crippen LogP contribution < -0.4 is 16.0 Å². The average molecular weight is 336 g/mol. The summed E-state index contributed by atoms with van der Waals surface area (Å²) in [6.07, 6.45) is 5.81. The molecule has 0 aromatic heterocycles. The van der Waals surface area contributed by atoms with E-state index in [-0.39, 0.29) is 17.9 Å². The van der Waals surface area contributed by atoms with Crippen molar-refractivity contribution in [2.45, 2.75) is 44.2 Å². The molecule has 2 fully saturated rings. The molecule has 3 N–H and O–H groups in total. The molecule has 1 saturated carbocycles. The molecule has 2 aliphatic rings. The van der Waals surface area contributed by atoms with Crippen molar-refractivity contribution in [1.29, 1.82) is 0 Å². The Morgan fingerprint density at radius 1 is 1.26 bits per heavy atom. The Morgan fingerprint density at radius 3 is 2.74 bits per heavy atom. The van der Waals surface area contributed by atoms with Gasteiger partial charge < -0.3 is 16.0 Å². The third-order valence-corrected chi connectivity index (χ3v) is 5.20. The Labute approximate surface area is 141 Å². The molecule has 0 bridgehead atoms. The molecule has 1 heterocycles. The van der Waals surface area contributed by atoms with E-state index < -0.39 is 0 Å². The van der Waals surface area contributed by atoms with Gasteiger partial charge in [0.25, 0.3) is 5.91 Å². The van der Waals surface area contributed by atoms with Gasteiger partial charge in [0.05, 0.1) is 16.6 Å². The van der Waals surface area contributed by atoms with Crippen molar-refractivity contribution in [2.75, 3.05) is 12.4 Å². The SMILES string of the molecule is CNC(=O)c1ccc(NC(=O)C2CC3CCCCC3N2)cc1Cl. The molecular weight excluding hydrogens is 314 g/mol. The summed E-state index contributed by atoms with van der Waals surface area (Å²) in [5, 5.41) is 9.22. The molecule has 5 nitrogen and oxygen atoms in total. The minimum absolute atomic E-state index is 0.0249. The zero-order valence-corrected chi connectivity index (χ0v) is 14.0. The van der Waals surface area contributed by atoms with Gasteiger partial charge in [-0.25, -0.2) is 0 Å². The number of carbonyl (C=O) groups is 2. The van der Waals surface area contributed by atoms with Gasteiger partial charge in [0, 0.05) is 18.8 Å². The summed E-state index contributed by atoms with van der Waals surface area (Å²) in [5.41, 5.74) is 1.02. The second-order valence-electron chi connectivity index (χ2n) is 6.37. The first-order chi connectivity index (χ1) is 11.1. The number of hydrogen-bond acceptors (Lipinski definition) is 3. The van der Waals surface area contributed by atoms with Gasteiger partial charge in [0.1, 0.15) is 0 Å². The second kappa shape index (κ2) is 6.89. The number of nitrogens with one attached hydrogen (secondary N) is 3. The molecule has 23 heavy (non-hydrogen) atoms. The average Bonchev–Trinajstić information content (AvgIpc) is 2.98. The highest BCUT2D eigenvalue weighted by Gasteiger charge is 2.38. The second-order valence-corrected chi connectivity index (χ2v) is 6.78. The molecule has 1 aliphatic heterocycles. The van der Waals surface area contributed by atoms with Crippen molar-refractivity contribution in [3.05, 3.63) is 28.8 Å². The van der Waals surface area contributed by atoms with E-state index in [9.17, 15) is 9.59 Å². The Balaban J connectivity index is 1.64. The Hall–Kier alpha value is -1.59. The van der Waals surface area contributed by atoms with Gasteiger partial charge in [0.15, 0.2) is 0 Å². The van der Waals surface area contributed by atoms with Crippen molar-refractivity contribution in [2.24, 2.45) is 5.92 Å². The van der Waals surface area contributed by atoms with E-state index in [1.54, 1.807) is 25.2 Å². The molecule has 6 heteroatoms. The van der Waals surface area contributed by atoms with E-state index in [0.29, 0.717) is 28.2 Å². The number of anilines is 1. The van der Waals surface area contributed by atoms with Crippen LogP contribution in [-0.2, 0) is 4.79 Å². The van der Waals surface area contributed by atoms with Crippen LogP contribution in [0.15, 0.2) is 18.2 Å². The van der Waals surface area contributed by atoms with Crippen molar-refractivity contribution in [3.63, 3.8) is 0 Å². The lowest BCUT2D eigenvalue weighted by atomic mass is 9.85. The first-order valence-corrected chi connectivity index (χ1v) is 8.55. The van der Waals surface area contributed by atoms with E-state index in [1.165, 1.54) is 25.7 Å². The van der Waals surface area contributed by atoms with Crippen LogP contribution in [0.1, 0.15) is 42.5 Å². The topological polar surface area (TPSA) is 70.2 Å². The third kappa shape index (κ3) is 3.51. The predicted octanol–water partition coefficient (Wildman–Crippen LogP) is 2.56. The number of fused-ring (bicyclic) bond motifs is 1. The van der Waals surface area contributed by atoms with E-state index in [0.717, 1.165) is 6.42 Å². The van der Waals surface area contributed by atoms with Crippen LogP contribution in [0.2, 0.25) is 5.02 Å². The van der Waals surface area contributed by atoms with E-state index in [2.05, 4.69) is 16.0 Å². The fourth-order valence-electron chi connectivity index (χ4n) is 3.66.